The van der Waals surface area contributed by atoms with Crippen molar-refractivity contribution in [2.75, 3.05) is 28.3 Å². The molecule has 0 aromatic heterocycles. The van der Waals surface area contributed by atoms with Gasteiger partial charge in [0.25, 0.3) is 0 Å². The zero-order valence-corrected chi connectivity index (χ0v) is 15.9. The predicted molar refractivity (Wildman–Crippen MR) is 103 cm³/mol. The number of ketones is 2. The highest BCUT2D eigenvalue weighted by Crippen LogP contribution is 2.12. The molecule has 26 heavy (non-hydrogen) atoms. The molecular formula is C21H25NO4. The smallest absolute Gasteiger partial charge is 0.187 e. The Hall–Kier alpha value is -3.08. The van der Waals surface area contributed by atoms with Crippen molar-refractivity contribution in [3.63, 3.8) is 0 Å². The van der Waals surface area contributed by atoms with Gasteiger partial charge in [0.1, 0.15) is 11.5 Å². The summed E-state index contributed by atoms with van der Waals surface area (Å²) < 4.78 is 9.95. The number of methoxy groups -OCH3 is 2. The molecule has 2 aromatic rings. The van der Waals surface area contributed by atoms with E-state index >= 15 is 0 Å². The molecule has 0 atom stereocenters. The Morgan fingerprint density at radius 3 is 1.58 bits per heavy atom. The van der Waals surface area contributed by atoms with Gasteiger partial charge in [-0.15, -0.1) is 0 Å². The molecule has 0 unspecified atom stereocenters. The van der Waals surface area contributed by atoms with Crippen LogP contribution in [0.5, 0.6) is 11.5 Å². The van der Waals surface area contributed by atoms with Crippen LogP contribution in [-0.4, -0.2) is 44.8 Å². The van der Waals surface area contributed by atoms with Crippen LogP contribution in [0.1, 0.15) is 27.6 Å². The molecule has 2 aromatic carbocycles. The molecule has 2 rings (SSSR count). The van der Waals surface area contributed by atoms with Crippen LogP contribution >= 0.6 is 0 Å². The summed E-state index contributed by atoms with van der Waals surface area (Å²) in [6, 6.07) is 14.1. The van der Waals surface area contributed by atoms with Gasteiger partial charge in [0.2, 0.25) is 0 Å². The van der Waals surface area contributed by atoms with Crippen LogP contribution in [-0.2, 0) is 0 Å². The van der Waals surface area contributed by atoms with E-state index in [1.165, 1.54) is 0 Å². The third-order valence-corrected chi connectivity index (χ3v) is 3.40. The Bertz CT molecular complexity index is 732. The number of hydrogen-bond donors (Lipinski definition) is 0. The Kier molecular flexibility index (Phi) is 8.64. The second-order valence-electron chi connectivity index (χ2n) is 5.66. The monoisotopic (exact) mass is 355 g/mol. The average Bonchev–Trinajstić information content (AvgIpc) is 2.66. The van der Waals surface area contributed by atoms with Crippen molar-refractivity contribution >= 4 is 11.6 Å². The van der Waals surface area contributed by atoms with Gasteiger partial charge < -0.3 is 14.4 Å². The summed E-state index contributed by atoms with van der Waals surface area (Å²) in [7, 11) is 6.95. The molecule has 0 bridgehead atoms. The van der Waals surface area contributed by atoms with E-state index in [2.05, 4.69) is 0 Å². The van der Waals surface area contributed by atoms with Crippen LogP contribution < -0.4 is 9.47 Å². The average molecular weight is 355 g/mol. The van der Waals surface area contributed by atoms with Crippen molar-refractivity contribution in [2.24, 2.45) is 0 Å². The van der Waals surface area contributed by atoms with E-state index in [0.29, 0.717) is 11.1 Å². The first-order valence-corrected chi connectivity index (χ1v) is 8.05. The highest BCUT2D eigenvalue weighted by Gasteiger charge is 2.01. The second kappa shape index (κ2) is 10.7. The minimum Gasteiger partial charge on any atom is -0.497 e. The molecule has 0 aliphatic heterocycles. The van der Waals surface area contributed by atoms with Crippen LogP contribution in [0.3, 0.4) is 0 Å². The van der Waals surface area contributed by atoms with Gasteiger partial charge in [-0.1, -0.05) is 0 Å². The molecule has 0 saturated carbocycles. The number of nitrogens with zero attached hydrogens (tertiary/aromatic N) is 1. The van der Waals surface area contributed by atoms with E-state index < -0.39 is 0 Å². The minimum atomic E-state index is -0.00801. The number of Topliss-reactive ketones (excluding diaryl/α,β-unsaturated/α-hetero) is 1. The standard InChI is InChI=1S/C12H15NO2.C9H10O2/c1-13(2)9-8-12(14)10-4-6-11(15-3)7-5-10;1-7(10)8-3-5-9(11-2)6-4-8/h4-9H,1-3H3;3-6H,1-2H3. The minimum absolute atomic E-state index is 0.00801. The Morgan fingerprint density at radius 2 is 1.23 bits per heavy atom. The quantitative estimate of drug-likeness (QED) is 0.582. The summed E-state index contributed by atoms with van der Waals surface area (Å²) in [5, 5.41) is 0. The van der Waals surface area contributed by atoms with Crippen molar-refractivity contribution in [3.05, 3.63) is 71.9 Å². The number of carbonyl (C=O) groups excluding carboxylic acids is 2. The summed E-state index contributed by atoms with van der Waals surface area (Å²) in [4.78, 5) is 24.2. The number of benzene rings is 2. The maximum Gasteiger partial charge on any atom is 0.187 e. The first-order valence-electron chi connectivity index (χ1n) is 8.05. The lowest BCUT2D eigenvalue weighted by Crippen LogP contribution is -2.03. The largest absolute Gasteiger partial charge is 0.497 e. The fourth-order valence-corrected chi connectivity index (χ4v) is 1.89. The van der Waals surface area contributed by atoms with Gasteiger partial charge in [-0.2, -0.15) is 0 Å². The van der Waals surface area contributed by atoms with Gasteiger partial charge in [0, 0.05) is 37.5 Å². The van der Waals surface area contributed by atoms with Crippen molar-refractivity contribution in [3.8, 4) is 11.5 Å². The fourth-order valence-electron chi connectivity index (χ4n) is 1.89. The number of hydrogen-bond acceptors (Lipinski definition) is 5. The highest BCUT2D eigenvalue weighted by atomic mass is 16.5. The number of allylic oxidation sites excluding steroid dienone is 1. The second-order valence-corrected chi connectivity index (χ2v) is 5.66. The fraction of sp³-hybridized carbons (Fsp3) is 0.238. The first kappa shape index (κ1) is 21.0. The molecule has 0 heterocycles. The van der Waals surface area contributed by atoms with Gasteiger partial charge in [-0.25, -0.2) is 0 Å². The Balaban J connectivity index is 0.000000273. The molecule has 0 aliphatic rings. The van der Waals surface area contributed by atoms with Crippen LogP contribution in [0.15, 0.2) is 60.8 Å². The van der Waals surface area contributed by atoms with Crippen LogP contribution in [0.2, 0.25) is 0 Å². The van der Waals surface area contributed by atoms with Crippen LogP contribution in [0.25, 0.3) is 0 Å². The van der Waals surface area contributed by atoms with E-state index in [9.17, 15) is 9.59 Å². The number of carbonyl (C=O) groups is 2. The topological polar surface area (TPSA) is 55.8 Å². The van der Waals surface area contributed by atoms with Gasteiger partial charge in [0.05, 0.1) is 14.2 Å². The third-order valence-electron chi connectivity index (χ3n) is 3.40. The van der Waals surface area contributed by atoms with E-state index in [0.717, 1.165) is 11.5 Å². The van der Waals surface area contributed by atoms with Crippen LogP contribution in [0, 0.1) is 0 Å². The Morgan fingerprint density at radius 1 is 0.808 bits per heavy atom. The van der Waals surface area contributed by atoms with Gasteiger partial charge in [-0.3, -0.25) is 9.59 Å². The van der Waals surface area contributed by atoms with Crippen molar-refractivity contribution in [2.45, 2.75) is 6.92 Å². The molecule has 138 valence electrons. The number of ether oxygens (including phenoxy) is 2. The lowest BCUT2D eigenvalue weighted by molar-refractivity contribution is 0.101. The van der Waals surface area contributed by atoms with Gasteiger partial charge >= 0.3 is 0 Å². The summed E-state index contributed by atoms with van der Waals surface area (Å²) in [5.74, 6) is 1.59. The Labute approximate surface area is 154 Å². The molecule has 0 spiro atoms. The molecule has 0 aliphatic carbocycles. The van der Waals surface area contributed by atoms with E-state index in [-0.39, 0.29) is 11.6 Å². The zero-order chi connectivity index (χ0) is 19.5. The van der Waals surface area contributed by atoms with E-state index in [4.69, 9.17) is 9.47 Å². The van der Waals surface area contributed by atoms with Gasteiger partial charge in [0.15, 0.2) is 11.6 Å². The highest BCUT2D eigenvalue weighted by molar-refractivity contribution is 6.04. The van der Waals surface area contributed by atoms with Crippen LogP contribution in [0.4, 0.5) is 0 Å². The first-order chi connectivity index (χ1) is 12.4. The molecule has 0 saturated heterocycles. The normalized spacial score (nSPS) is 9.88. The zero-order valence-electron chi connectivity index (χ0n) is 15.9. The molecule has 0 fully saturated rings. The van der Waals surface area contributed by atoms with Crippen molar-refractivity contribution in [1.82, 2.24) is 4.90 Å². The van der Waals surface area contributed by atoms with E-state index in [1.807, 2.05) is 19.0 Å². The summed E-state index contributed by atoms with van der Waals surface area (Å²) >= 11 is 0. The summed E-state index contributed by atoms with van der Waals surface area (Å²) in [6.45, 7) is 1.54. The number of rotatable bonds is 6. The lowest BCUT2D eigenvalue weighted by Gasteiger charge is -2.03. The molecule has 5 nitrogen and oxygen atoms in total. The maximum absolute atomic E-state index is 11.6. The SMILES string of the molecule is COc1ccc(C(=O)C=CN(C)C)cc1.COc1ccc(C(C)=O)cc1. The summed E-state index contributed by atoms with van der Waals surface area (Å²) in [5.41, 5.74) is 1.37. The molecule has 5 heteroatoms. The third kappa shape index (κ3) is 7.21. The molecular weight excluding hydrogens is 330 g/mol. The molecule has 0 N–H and O–H groups in total. The lowest BCUT2D eigenvalue weighted by atomic mass is 10.1. The van der Waals surface area contributed by atoms with Gasteiger partial charge in [-0.05, 0) is 55.5 Å². The van der Waals surface area contributed by atoms with Crippen molar-refractivity contribution in [1.29, 1.82) is 0 Å². The van der Waals surface area contributed by atoms with E-state index in [1.54, 1.807) is 82.0 Å². The molecule has 0 amide bonds. The maximum atomic E-state index is 11.6. The predicted octanol–water partition coefficient (Wildman–Crippen LogP) is 3.85. The van der Waals surface area contributed by atoms with Crippen molar-refractivity contribution < 1.29 is 19.1 Å². The molecule has 0 radical (unpaired) electrons. The summed E-state index contributed by atoms with van der Waals surface area (Å²) in [6.07, 6.45) is 3.27.